The number of hydrogen-bond donors (Lipinski definition) is 1. The molecule has 10 heteroatoms. The number of Topliss-reactive ketones (excluding diaryl/α,β-unsaturated/α-hetero) is 1. The number of benzene rings is 1. The number of unbranched alkanes of at least 4 members (excludes halogenated alkanes) is 1. The first-order valence-electron chi connectivity index (χ1n) is 9.02. The molecule has 0 radical (unpaired) electrons. The molecular formula is C19H23N3O6S. The number of esters is 1. The van der Waals surface area contributed by atoms with Crippen LogP contribution in [-0.4, -0.2) is 42.3 Å². The summed E-state index contributed by atoms with van der Waals surface area (Å²) in [5, 5.41) is 3.99. The third-order valence-electron chi connectivity index (χ3n) is 3.92. The minimum Gasteiger partial charge on any atom is -0.449 e. The Morgan fingerprint density at radius 2 is 1.83 bits per heavy atom. The van der Waals surface area contributed by atoms with Crippen LogP contribution in [0.2, 0.25) is 0 Å². The van der Waals surface area contributed by atoms with Crippen LogP contribution < -0.4 is 10.3 Å². The van der Waals surface area contributed by atoms with Crippen molar-refractivity contribution in [2.24, 2.45) is 0 Å². The number of hydrogen-bond acceptors (Lipinski definition) is 7. The van der Waals surface area contributed by atoms with Gasteiger partial charge in [-0.15, -0.1) is 0 Å². The second-order valence-electron chi connectivity index (χ2n) is 6.50. The first-order chi connectivity index (χ1) is 13.6. The highest BCUT2D eigenvalue weighted by Gasteiger charge is 2.22. The lowest BCUT2D eigenvalue weighted by Crippen LogP contribution is -2.28. The average Bonchev–Trinajstić information content (AvgIpc) is 2.66. The maximum atomic E-state index is 12.5. The van der Waals surface area contributed by atoms with Gasteiger partial charge < -0.3 is 4.74 Å². The van der Waals surface area contributed by atoms with E-state index in [4.69, 9.17) is 4.74 Å². The molecule has 2 aromatic rings. The van der Waals surface area contributed by atoms with Gasteiger partial charge in [-0.05, 0) is 43.7 Å². The molecule has 0 saturated heterocycles. The summed E-state index contributed by atoms with van der Waals surface area (Å²) < 4.78 is 31.1. The van der Waals surface area contributed by atoms with Crippen LogP contribution in [0.3, 0.4) is 0 Å². The molecule has 0 spiro atoms. The Balaban J connectivity index is 2.07. The third-order valence-corrected chi connectivity index (χ3v) is 4.53. The maximum absolute atomic E-state index is 12.5. The highest BCUT2D eigenvalue weighted by molar-refractivity contribution is 7.92. The van der Waals surface area contributed by atoms with Crippen LogP contribution in [0.1, 0.15) is 47.5 Å². The van der Waals surface area contributed by atoms with E-state index >= 15 is 0 Å². The predicted molar refractivity (Wildman–Crippen MR) is 108 cm³/mol. The SMILES string of the molecule is CCCCn1nc(C(=O)OC(C)C(=O)c2ccc(NS(C)(=O)=O)cc2)ccc1=O. The van der Waals surface area contributed by atoms with Crippen LogP contribution in [0.4, 0.5) is 5.69 Å². The van der Waals surface area contributed by atoms with Crippen LogP contribution >= 0.6 is 0 Å². The minimum atomic E-state index is -3.42. The van der Waals surface area contributed by atoms with E-state index in [0.29, 0.717) is 12.2 Å². The van der Waals surface area contributed by atoms with E-state index in [1.165, 1.54) is 48.0 Å². The van der Waals surface area contributed by atoms with Crippen LogP contribution in [0.5, 0.6) is 0 Å². The molecular weight excluding hydrogens is 398 g/mol. The second-order valence-corrected chi connectivity index (χ2v) is 8.25. The van der Waals surface area contributed by atoms with Gasteiger partial charge in [-0.1, -0.05) is 13.3 Å². The van der Waals surface area contributed by atoms with Crippen molar-refractivity contribution in [2.45, 2.75) is 39.3 Å². The van der Waals surface area contributed by atoms with Crippen molar-refractivity contribution in [3.63, 3.8) is 0 Å². The zero-order valence-corrected chi connectivity index (χ0v) is 17.2. The zero-order valence-electron chi connectivity index (χ0n) is 16.4. The minimum absolute atomic E-state index is 0.0620. The van der Waals surface area contributed by atoms with E-state index < -0.39 is 27.9 Å². The van der Waals surface area contributed by atoms with Crippen LogP contribution in [-0.2, 0) is 21.3 Å². The molecule has 0 amide bonds. The smallest absolute Gasteiger partial charge is 0.359 e. The van der Waals surface area contributed by atoms with Gasteiger partial charge in [-0.3, -0.25) is 14.3 Å². The van der Waals surface area contributed by atoms with Gasteiger partial charge in [0, 0.05) is 23.9 Å². The van der Waals surface area contributed by atoms with E-state index in [0.717, 1.165) is 19.1 Å². The van der Waals surface area contributed by atoms with Gasteiger partial charge in [0.1, 0.15) is 0 Å². The number of carbonyl (C=O) groups excluding carboxylic acids is 2. The summed E-state index contributed by atoms with van der Waals surface area (Å²) in [6, 6.07) is 8.24. The van der Waals surface area contributed by atoms with E-state index in [2.05, 4.69) is 9.82 Å². The van der Waals surface area contributed by atoms with Crippen molar-refractivity contribution < 1.29 is 22.7 Å². The molecule has 1 heterocycles. The van der Waals surface area contributed by atoms with Gasteiger partial charge in [0.15, 0.2) is 11.8 Å². The van der Waals surface area contributed by atoms with Crippen molar-refractivity contribution in [1.82, 2.24) is 9.78 Å². The number of aromatic nitrogens is 2. The summed E-state index contributed by atoms with van der Waals surface area (Å²) >= 11 is 0. The molecule has 1 N–H and O–H groups in total. The number of ketones is 1. The van der Waals surface area contributed by atoms with Gasteiger partial charge in [0.05, 0.1) is 6.26 Å². The standard InChI is InChI=1S/C19H23N3O6S/c1-4-5-12-22-17(23)11-10-16(20-22)19(25)28-13(2)18(24)14-6-8-15(9-7-14)21-29(3,26)27/h6-11,13,21H,4-5,12H2,1-3H3. The molecule has 0 saturated carbocycles. The summed E-state index contributed by atoms with van der Waals surface area (Å²) in [7, 11) is -3.42. The van der Waals surface area contributed by atoms with Gasteiger partial charge in [0.25, 0.3) is 5.56 Å². The average molecular weight is 421 g/mol. The Hall–Kier alpha value is -3.01. The predicted octanol–water partition coefficient (Wildman–Crippen LogP) is 1.84. The molecule has 1 atom stereocenters. The van der Waals surface area contributed by atoms with Crippen LogP contribution in [0.25, 0.3) is 0 Å². The Kier molecular flexibility index (Phi) is 7.27. The monoisotopic (exact) mass is 421 g/mol. The fourth-order valence-corrected chi connectivity index (χ4v) is 3.02. The van der Waals surface area contributed by atoms with E-state index in [1.807, 2.05) is 6.92 Å². The number of rotatable bonds is 9. The summed E-state index contributed by atoms with van der Waals surface area (Å²) in [4.78, 5) is 36.6. The number of carbonyl (C=O) groups is 2. The van der Waals surface area contributed by atoms with Crippen LogP contribution in [0.15, 0.2) is 41.2 Å². The van der Waals surface area contributed by atoms with Gasteiger partial charge in [0.2, 0.25) is 15.8 Å². The highest BCUT2D eigenvalue weighted by Crippen LogP contribution is 2.14. The Morgan fingerprint density at radius 1 is 1.17 bits per heavy atom. The summed E-state index contributed by atoms with van der Waals surface area (Å²) in [6.07, 6.45) is 1.54. The molecule has 1 aromatic carbocycles. The van der Waals surface area contributed by atoms with Gasteiger partial charge in [-0.2, -0.15) is 5.10 Å². The van der Waals surface area contributed by atoms with E-state index in [1.54, 1.807) is 0 Å². The van der Waals surface area contributed by atoms with Crippen LogP contribution in [0, 0.1) is 0 Å². The number of sulfonamides is 1. The van der Waals surface area contributed by atoms with Crippen molar-refractivity contribution in [3.05, 3.63) is 58.0 Å². The number of nitrogens with zero attached hydrogens (tertiary/aromatic N) is 2. The fourth-order valence-electron chi connectivity index (χ4n) is 2.45. The Bertz CT molecular complexity index is 1040. The van der Waals surface area contributed by atoms with Crippen molar-refractivity contribution in [1.29, 1.82) is 0 Å². The van der Waals surface area contributed by atoms with Crippen molar-refractivity contribution >= 4 is 27.5 Å². The molecule has 1 unspecified atom stereocenters. The molecule has 0 aliphatic carbocycles. The third kappa shape index (κ3) is 6.53. The number of aryl methyl sites for hydroxylation is 1. The fraction of sp³-hybridized carbons (Fsp3) is 0.368. The lowest BCUT2D eigenvalue weighted by molar-refractivity contribution is 0.0310. The van der Waals surface area contributed by atoms with Gasteiger partial charge in [-0.25, -0.2) is 17.9 Å². The quantitative estimate of drug-likeness (QED) is 0.484. The Labute approximate surface area is 168 Å². The lowest BCUT2D eigenvalue weighted by Gasteiger charge is -2.13. The first-order valence-corrected chi connectivity index (χ1v) is 10.9. The Morgan fingerprint density at radius 3 is 2.41 bits per heavy atom. The van der Waals surface area contributed by atoms with Gasteiger partial charge >= 0.3 is 5.97 Å². The highest BCUT2D eigenvalue weighted by atomic mass is 32.2. The molecule has 0 aliphatic rings. The zero-order chi connectivity index (χ0) is 21.6. The summed E-state index contributed by atoms with van der Waals surface area (Å²) in [5.74, 6) is -1.27. The largest absolute Gasteiger partial charge is 0.449 e. The molecule has 0 fully saturated rings. The molecule has 0 aliphatic heterocycles. The van der Waals surface area contributed by atoms with Crippen molar-refractivity contribution in [3.8, 4) is 0 Å². The molecule has 9 nitrogen and oxygen atoms in total. The second kappa shape index (κ2) is 9.46. The number of ether oxygens (including phenoxy) is 1. The summed E-state index contributed by atoms with van der Waals surface area (Å²) in [6.45, 7) is 3.79. The molecule has 1 aromatic heterocycles. The normalized spacial score (nSPS) is 12.2. The molecule has 156 valence electrons. The molecule has 2 rings (SSSR count). The number of nitrogens with one attached hydrogen (secondary N) is 1. The maximum Gasteiger partial charge on any atom is 0.359 e. The lowest BCUT2D eigenvalue weighted by atomic mass is 10.1. The van der Waals surface area contributed by atoms with E-state index in [9.17, 15) is 22.8 Å². The first kappa shape index (κ1) is 22.3. The number of anilines is 1. The van der Waals surface area contributed by atoms with E-state index in [-0.39, 0.29) is 16.8 Å². The van der Waals surface area contributed by atoms with Crippen molar-refractivity contribution in [2.75, 3.05) is 11.0 Å². The topological polar surface area (TPSA) is 124 Å². The molecule has 0 bridgehead atoms. The summed E-state index contributed by atoms with van der Waals surface area (Å²) in [5.41, 5.74) is 0.187. The molecule has 29 heavy (non-hydrogen) atoms.